The molecule has 0 aromatic carbocycles. The number of hydrogen-bond donors (Lipinski definition) is 0. The Bertz CT molecular complexity index is 946. The molecule has 6 nitrogen and oxygen atoms in total. The van der Waals surface area contributed by atoms with Gasteiger partial charge in [0.15, 0.2) is 21.3 Å². The monoisotopic (exact) mass is 416 g/mol. The van der Waals surface area contributed by atoms with Gasteiger partial charge in [-0.3, -0.25) is 0 Å². The molecule has 0 saturated heterocycles. The minimum Gasteiger partial charge on any atom is -0.356 e. The van der Waals surface area contributed by atoms with Crippen molar-refractivity contribution in [2.24, 2.45) is 0 Å². The van der Waals surface area contributed by atoms with Crippen LogP contribution in [0, 0.1) is 6.92 Å². The number of anilines is 1. The molecule has 0 N–H and O–H groups in total. The molecule has 0 radical (unpaired) electrons. The fourth-order valence-electron chi connectivity index (χ4n) is 3.69. The molecule has 2 aromatic heterocycles. The van der Waals surface area contributed by atoms with Crippen LogP contribution in [-0.2, 0) is 16.0 Å². The second-order valence-electron chi connectivity index (χ2n) is 7.23. The predicted molar refractivity (Wildman–Crippen MR) is 99.5 cm³/mol. The molecule has 1 fully saturated rings. The topological polar surface area (TPSA) is 68.1 Å². The molecule has 1 aliphatic carbocycles. The number of aromatic nitrogens is 3. The summed E-state index contributed by atoms with van der Waals surface area (Å²) >= 11 is 0. The fraction of sp³-hybridized carbons (Fsp3) is 0.556. The molecule has 2 aromatic rings. The minimum atomic E-state index is -4.59. The Morgan fingerprint density at radius 3 is 2.32 bits per heavy atom. The first-order valence-electron chi connectivity index (χ1n) is 9.06. The van der Waals surface area contributed by atoms with Crippen molar-refractivity contribution < 1.29 is 21.6 Å². The molecule has 0 spiro atoms. The van der Waals surface area contributed by atoms with Crippen LogP contribution < -0.4 is 4.90 Å². The van der Waals surface area contributed by atoms with Crippen LogP contribution in [0.2, 0.25) is 0 Å². The highest BCUT2D eigenvalue weighted by molar-refractivity contribution is 7.90. The summed E-state index contributed by atoms with van der Waals surface area (Å²) in [4.78, 5) is 5.92. The molecular formula is C18H23F3N4O2S. The molecule has 0 aliphatic heterocycles. The van der Waals surface area contributed by atoms with Crippen LogP contribution in [0.15, 0.2) is 23.2 Å². The first-order valence-corrected chi connectivity index (χ1v) is 11.0. The van der Waals surface area contributed by atoms with Crippen molar-refractivity contribution in [3.63, 3.8) is 0 Å². The van der Waals surface area contributed by atoms with Crippen LogP contribution in [-0.4, -0.2) is 42.5 Å². The van der Waals surface area contributed by atoms with Gasteiger partial charge >= 0.3 is 6.18 Å². The highest BCUT2D eigenvalue weighted by Crippen LogP contribution is 2.38. The number of hydrogen-bond acceptors (Lipinski definition) is 5. The van der Waals surface area contributed by atoms with Crippen LogP contribution in [0.1, 0.15) is 43.4 Å². The second-order valence-corrected chi connectivity index (χ2v) is 9.25. The highest BCUT2D eigenvalue weighted by Gasteiger charge is 2.39. The van der Waals surface area contributed by atoms with E-state index < -0.39 is 21.7 Å². The van der Waals surface area contributed by atoms with Gasteiger partial charge in [0.25, 0.3) is 0 Å². The van der Waals surface area contributed by atoms with Crippen LogP contribution >= 0.6 is 0 Å². The molecular weight excluding hydrogens is 393 g/mol. The van der Waals surface area contributed by atoms with Crippen LogP contribution in [0.4, 0.5) is 19.0 Å². The lowest BCUT2D eigenvalue weighted by molar-refractivity contribution is -0.141. The summed E-state index contributed by atoms with van der Waals surface area (Å²) in [6.45, 7) is 1.41. The van der Waals surface area contributed by atoms with Gasteiger partial charge in [-0.2, -0.15) is 23.0 Å². The summed E-state index contributed by atoms with van der Waals surface area (Å²) in [6, 6.07) is 2.83. The SMILES string of the molecule is Cc1c(C(F)(F)F)nn(-c2ccc(S(C)(=O)=O)cn2)c1N(C)C1CCCCC1. The van der Waals surface area contributed by atoms with Gasteiger partial charge in [-0.1, -0.05) is 19.3 Å². The highest BCUT2D eigenvalue weighted by atomic mass is 32.2. The molecule has 10 heteroatoms. The van der Waals surface area contributed by atoms with Crippen molar-refractivity contribution in [2.75, 3.05) is 18.2 Å². The van der Waals surface area contributed by atoms with Crippen molar-refractivity contribution in [3.8, 4) is 5.82 Å². The Hall–Kier alpha value is -2.10. The maximum Gasteiger partial charge on any atom is 0.435 e. The maximum atomic E-state index is 13.5. The Morgan fingerprint density at radius 1 is 1.18 bits per heavy atom. The quantitative estimate of drug-likeness (QED) is 0.759. The zero-order valence-corrected chi connectivity index (χ0v) is 16.8. The molecule has 0 bridgehead atoms. The summed E-state index contributed by atoms with van der Waals surface area (Å²) < 4.78 is 64.9. The molecule has 154 valence electrons. The van der Waals surface area contributed by atoms with E-state index in [-0.39, 0.29) is 22.3 Å². The van der Waals surface area contributed by atoms with E-state index in [4.69, 9.17) is 0 Å². The van der Waals surface area contributed by atoms with E-state index in [9.17, 15) is 21.6 Å². The largest absolute Gasteiger partial charge is 0.435 e. The Labute approximate surface area is 162 Å². The van der Waals surface area contributed by atoms with Gasteiger partial charge in [0.05, 0.1) is 4.90 Å². The smallest absolute Gasteiger partial charge is 0.356 e. The van der Waals surface area contributed by atoms with Crippen LogP contribution in [0.25, 0.3) is 5.82 Å². The van der Waals surface area contributed by atoms with Gasteiger partial charge in [-0.25, -0.2) is 13.4 Å². The summed E-state index contributed by atoms with van der Waals surface area (Å²) in [5.41, 5.74) is -0.922. The molecule has 1 aliphatic rings. The molecule has 3 rings (SSSR count). The van der Waals surface area contributed by atoms with Gasteiger partial charge in [-0.15, -0.1) is 0 Å². The van der Waals surface area contributed by atoms with Gasteiger partial charge in [0.2, 0.25) is 0 Å². The fourth-order valence-corrected chi connectivity index (χ4v) is 4.25. The normalized spacial score (nSPS) is 16.4. The van der Waals surface area contributed by atoms with Crippen LogP contribution in [0.3, 0.4) is 0 Å². The number of alkyl halides is 3. The number of rotatable bonds is 4. The summed E-state index contributed by atoms with van der Waals surface area (Å²) in [6.07, 6.45) is 2.61. The van der Waals surface area contributed by atoms with Crippen molar-refractivity contribution in [2.45, 2.75) is 56.1 Å². The number of nitrogens with zero attached hydrogens (tertiary/aromatic N) is 4. The number of halogens is 3. The maximum absolute atomic E-state index is 13.5. The third kappa shape index (κ3) is 4.01. The third-order valence-corrected chi connectivity index (χ3v) is 6.28. The Morgan fingerprint density at radius 2 is 1.82 bits per heavy atom. The van der Waals surface area contributed by atoms with E-state index in [0.717, 1.165) is 44.6 Å². The van der Waals surface area contributed by atoms with Crippen molar-refractivity contribution >= 4 is 15.7 Å². The van der Waals surface area contributed by atoms with Crippen molar-refractivity contribution in [3.05, 3.63) is 29.6 Å². The number of pyridine rings is 1. The van der Waals surface area contributed by atoms with Gasteiger partial charge in [0, 0.05) is 31.1 Å². The summed E-state index contributed by atoms with van der Waals surface area (Å²) in [7, 11) is -1.67. The molecule has 0 amide bonds. The molecule has 1 saturated carbocycles. The summed E-state index contributed by atoms with van der Waals surface area (Å²) in [5, 5.41) is 3.80. The Kier molecular flexibility index (Phi) is 5.44. The van der Waals surface area contributed by atoms with Crippen LogP contribution in [0.5, 0.6) is 0 Å². The second kappa shape index (κ2) is 7.38. The standard InChI is InChI=1S/C18H23F3N4O2S/c1-12-16(18(19,20)21)23-25(15-10-9-14(11-22-15)28(3,26)27)17(12)24(2)13-7-5-4-6-8-13/h9-11,13H,4-8H2,1-3H3. The minimum absolute atomic E-state index is 0.00152. The van der Waals surface area contributed by atoms with E-state index in [1.165, 1.54) is 23.7 Å². The van der Waals surface area contributed by atoms with Gasteiger partial charge < -0.3 is 4.90 Å². The first kappa shape index (κ1) is 20.6. The molecule has 0 unspecified atom stereocenters. The van der Waals surface area contributed by atoms with E-state index in [1.807, 2.05) is 4.90 Å². The zero-order valence-electron chi connectivity index (χ0n) is 16.0. The predicted octanol–water partition coefficient (Wildman–Crippen LogP) is 3.77. The lowest BCUT2D eigenvalue weighted by atomic mass is 9.94. The van der Waals surface area contributed by atoms with E-state index in [0.29, 0.717) is 5.82 Å². The van der Waals surface area contributed by atoms with E-state index in [1.54, 1.807) is 7.05 Å². The third-order valence-electron chi connectivity index (χ3n) is 5.18. The summed E-state index contributed by atoms with van der Waals surface area (Å²) in [5.74, 6) is 0.475. The number of sulfone groups is 1. The molecule has 0 atom stereocenters. The zero-order chi connectivity index (χ0) is 20.7. The van der Waals surface area contributed by atoms with Crippen molar-refractivity contribution in [1.29, 1.82) is 0 Å². The first-order chi connectivity index (χ1) is 13.0. The van der Waals surface area contributed by atoms with E-state index in [2.05, 4.69) is 10.1 Å². The molecule has 2 heterocycles. The Balaban J connectivity index is 2.11. The average molecular weight is 416 g/mol. The average Bonchev–Trinajstić information content (AvgIpc) is 2.99. The lowest BCUT2D eigenvalue weighted by Gasteiger charge is -2.33. The van der Waals surface area contributed by atoms with Gasteiger partial charge in [-0.05, 0) is 31.9 Å². The van der Waals surface area contributed by atoms with Gasteiger partial charge in [0.1, 0.15) is 5.82 Å². The van der Waals surface area contributed by atoms with E-state index >= 15 is 0 Å². The molecule has 28 heavy (non-hydrogen) atoms. The van der Waals surface area contributed by atoms with Crippen molar-refractivity contribution in [1.82, 2.24) is 14.8 Å². The lowest BCUT2D eigenvalue weighted by Crippen LogP contribution is -2.35.